The lowest BCUT2D eigenvalue weighted by Gasteiger charge is -2.14. The van der Waals surface area contributed by atoms with Gasteiger partial charge in [-0.2, -0.15) is 0 Å². The minimum atomic E-state index is -3.37. The number of amides is 1. The first-order valence-corrected chi connectivity index (χ1v) is 10.2. The van der Waals surface area contributed by atoms with Gasteiger partial charge >= 0.3 is 0 Å². The Balaban J connectivity index is 2.23. The Bertz CT molecular complexity index is 851. The molecule has 128 valence electrons. The molecule has 5 nitrogen and oxygen atoms in total. The van der Waals surface area contributed by atoms with E-state index >= 15 is 0 Å². The van der Waals surface area contributed by atoms with Crippen molar-refractivity contribution in [3.8, 4) is 0 Å². The highest BCUT2D eigenvalue weighted by Crippen LogP contribution is 2.25. The lowest BCUT2D eigenvalue weighted by molar-refractivity contribution is 0.102. The van der Waals surface area contributed by atoms with Crippen LogP contribution in [-0.2, 0) is 10.0 Å². The van der Waals surface area contributed by atoms with E-state index in [1.807, 2.05) is 19.1 Å². The molecule has 0 aliphatic heterocycles. The van der Waals surface area contributed by atoms with Crippen molar-refractivity contribution < 1.29 is 13.2 Å². The number of halogens is 1. The van der Waals surface area contributed by atoms with E-state index in [2.05, 4.69) is 32.6 Å². The minimum Gasteiger partial charge on any atom is -0.322 e. The Morgan fingerprint density at radius 2 is 1.79 bits per heavy atom. The Kier molecular flexibility index (Phi) is 6.22. The highest BCUT2D eigenvalue weighted by atomic mass is 127. The molecule has 2 aromatic carbocycles. The van der Waals surface area contributed by atoms with Gasteiger partial charge in [-0.05, 0) is 71.8 Å². The number of carbonyl (C=O) groups is 1. The van der Waals surface area contributed by atoms with Crippen LogP contribution < -0.4 is 10.0 Å². The highest BCUT2D eigenvalue weighted by molar-refractivity contribution is 14.1. The smallest absolute Gasteiger partial charge is 0.255 e. The predicted octanol–water partition coefficient (Wildman–Crippen LogP) is 4.00. The predicted molar refractivity (Wildman–Crippen MR) is 106 cm³/mol. The van der Waals surface area contributed by atoms with Crippen LogP contribution in [0.1, 0.15) is 29.3 Å². The van der Waals surface area contributed by atoms with E-state index < -0.39 is 10.0 Å². The summed E-state index contributed by atoms with van der Waals surface area (Å²) in [6.45, 7) is 3.58. The van der Waals surface area contributed by atoms with Crippen LogP contribution in [0.15, 0.2) is 42.5 Å². The molecule has 2 rings (SSSR count). The number of benzene rings is 2. The second-order valence-electron chi connectivity index (χ2n) is 5.36. The van der Waals surface area contributed by atoms with Gasteiger partial charge in [0, 0.05) is 14.8 Å². The van der Waals surface area contributed by atoms with Gasteiger partial charge in [0.15, 0.2) is 0 Å². The molecule has 2 N–H and O–H groups in total. The van der Waals surface area contributed by atoms with Crippen LogP contribution in [0, 0.1) is 10.5 Å². The molecule has 0 bridgehead atoms. The number of sulfonamides is 1. The molecule has 0 fully saturated rings. The number of anilines is 2. The molecule has 0 aromatic heterocycles. The summed E-state index contributed by atoms with van der Waals surface area (Å²) >= 11 is 2.15. The third-order valence-electron chi connectivity index (χ3n) is 3.41. The van der Waals surface area contributed by atoms with Crippen molar-refractivity contribution in [1.29, 1.82) is 0 Å². The average molecular weight is 458 g/mol. The third-order valence-corrected chi connectivity index (χ3v) is 5.55. The number of nitrogens with one attached hydrogen (secondary N) is 2. The molecule has 24 heavy (non-hydrogen) atoms. The van der Waals surface area contributed by atoms with E-state index in [0.29, 0.717) is 28.9 Å². The molecule has 0 radical (unpaired) electrons. The van der Waals surface area contributed by atoms with Crippen molar-refractivity contribution >= 4 is 49.9 Å². The molecule has 0 atom stereocenters. The maximum Gasteiger partial charge on any atom is 0.255 e. The fourth-order valence-electron chi connectivity index (χ4n) is 2.19. The summed E-state index contributed by atoms with van der Waals surface area (Å²) in [5, 5.41) is 2.83. The Labute approximate surface area is 156 Å². The van der Waals surface area contributed by atoms with Crippen LogP contribution >= 0.6 is 22.6 Å². The van der Waals surface area contributed by atoms with Crippen LogP contribution in [0.3, 0.4) is 0 Å². The quantitative estimate of drug-likeness (QED) is 0.643. The Hall–Kier alpha value is -1.61. The maximum atomic E-state index is 12.4. The van der Waals surface area contributed by atoms with Crippen molar-refractivity contribution in [1.82, 2.24) is 0 Å². The molecule has 0 unspecified atom stereocenters. The molecule has 0 spiro atoms. The fraction of sp³-hybridized carbons (Fsp3) is 0.235. The van der Waals surface area contributed by atoms with E-state index in [1.165, 1.54) is 0 Å². The molecule has 2 aromatic rings. The Morgan fingerprint density at radius 1 is 1.12 bits per heavy atom. The molecule has 7 heteroatoms. The largest absolute Gasteiger partial charge is 0.322 e. The second kappa shape index (κ2) is 7.98. The number of hydrogen-bond donors (Lipinski definition) is 2. The standard InChI is InChI=1S/C17H19IN2O3S/c1-3-10-24(22,23)20-16-9-5-8-15(12(16)2)19-17(21)13-6-4-7-14(18)11-13/h4-9,11,20H,3,10H2,1-2H3,(H,19,21). The summed E-state index contributed by atoms with van der Waals surface area (Å²) in [5.41, 5.74) is 2.29. The Morgan fingerprint density at radius 3 is 2.46 bits per heavy atom. The lowest BCUT2D eigenvalue weighted by atomic mass is 10.1. The molecule has 0 aliphatic carbocycles. The third kappa shape index (κ3) is 4.94. The van der Waals surface area contributed by atoms with Crippen molar-refractivity contribution in [3.63, 3.8) is 0 Å². The van der Waals surface area contributed by atoms with Gasteiger partial charge in [-0.1, -0.05) is 19.1 Å². The van der Waals surface area contributed by atoms with Gasteiger partial charge < -0.3 is 5.32 Å². The zero-order valence-electron chi connectivity index (χ0n) is 13.5. The van der Waals surface area contributed by atoms with E-state index in [9.17, 15) is 13.2 Å². The molecule has 0 heterocycles. The number of hydrogen-bond acceptors (Lipinski definition) is 3. The van der Waals surface area contributed by atoms with Crippen molar-refractivity contribution in [2.24, 2.45) is 0 Å². The SMILES string of the molecule is CCCS(=O)(=O)Nc1cccc(NC(=O)c2cccc(I)c2)c1C. The van der Waals surface area contributed by atoms with E-state index in [4.69, 9.17) is 0 Å². The van der Waals surface area contributed by atoms with Crippen molar-refractivity contribution in [2.75, 3.05) is 15.8 Å². The summed E-state index contributed by atoms with van der Waals surface area (Å²) in [6, 6.07) is 12.4. The summed E-state index contributed by atoms with van der Waals surface area (Å²) in [6.07, 6.45) is 0.539. The molecule has 0 saturated carbocycles. The molecular formula is C17H19IN2O3S. The van der Waals surface area contributed by atoms with Crippen molar-refractivity contribution in [2.45, 2.75) is 20.3 Å². The monoisotopic (exact) mass is 458 g/mol. The zero-order chi connectivity index (χ0) is 17.7. The normalized spacial score (nSPS) is 11.1. The van der Waals surface area contributed by atoms with E-state index in [1.54, 1.807) is 37.3 Å². The summed E-state index contributed by atoms with van der Waals surface area (Å²) in [4.78, 5) is 12.4. The van der Waals surface area contributed by atoms with Gasteiger partial charge in [-0.15, -0.1) is 0 Å². The first-order chi connectivity index (χ1) is 11.3. The summed E-state index contributed by atoms with van der Waals surface area (Å²) in [7, 11) is -3.37. The van der Waals surface area contributed by atoms with Crippen LogP contribution in [0.4, 0.5) is 11.4 Å². The molecular weight excluding hydrogens is 439 g/mol. The van der Waals surface area contributed by atoms with Gasteiger partial charge in [0.2, 0.25) is 10.0 Å². The molecule has 1 amide bonds. The lowest BCUT2D eigenvalue weighted by Crippen LogP contribution is -2.18. The minimum absolute atomic E-state index is 0.0610. The number of carbonyl (C=O) groups excluding carboxylic acids is 1. The van der Waals surface area contributed by atoms with Gasteiger partial charge in [-0.3, -0.25) is 9.52 Å². The zero-order valence-corrected chi connectivity index (χ0v) is 16.4. The van der Waals surface area contributed by atoms with Crippen LogP contribution in [0.25, 0.3) is 0 Å². The highest BCUT2D eigenvalue weighted by Gasteiger charge is 2.14. The van der Waals surface area contributed by atoms with Gasteiger partial charge in [0.25, 0.3) is 5.91 Å². The van der Waals surface area contributed by atoms with E-state index in [0.717, 1.165) is 3.57 Å². The van der Waals surface area contributed by atoms with E-state index in [-0.39, 0.29) is 11.7 Å². The maximum absolute atomic E-state index is 12.4. The topological polar surface area (TPSA) is 75.3 Å². The fourth-order valence-corrected chi connectivity index (χ4v) is 3.93. The van der Waals surface area contributed by atoms with Gasteiger partial charge in [0.1, 0.15) is 0 Å². The van der Waals surface area contributed by atoms with Crippen molar-refractivity contribution in [3.05, 3.63) is 57.2 Å². The number of rotatable bonds is 6. The summed E-state index contributed by atoms with van der Waals surface area (Å²) in [5.74, 6) is -0.170. The van der Waals surface area contributed by atoms with Crippen LogP contribution in [0.5, 0.6) is 0 Å². The van der Waals surface area contributed by atoms with Gasteiger partial charge in [0.05, 0.1) is 11.4 Å². The van der Waals surface area contributed by atoms with Gasteiger partial charge in [-0.25, -0.2) is 8.42 Å². The first kappa shape index (κ1) is 18.7. The van der Waals surface area contributed by atoms with Crippen LogP contribution in [0.2, 0.25) is 0 Å². The second-order valence-corrected chi connectivity index (χ2v) is 8.45. The molecule has 0 saturated heterocycles. The average Bonchev–Trinajstić information content (AvgIpc) is 2.51. The molecule has 0 aliphatic rings. The van der Waals surface area contributed by atoms with Crippen LogP contribution in [-0.4, -0.2) is 20.1 Å². The summed E-state index contributed by atoms with van der Waals surface area (Å²) < 4.78 is 27.4. The first-order valence-electron chi connectivity index (χ1n) is 7.49.